The van der Waals surface area contributed by atoms with Crippen LogP contribution in [0.3, 0.4) is 0 Å². The van der Waals surface area contributed by atoms with Crippen molar-refractivity contribution in [2.45, 2.75) is 13.8 Å². The Hall–Kier alpha value is -1.01. The van der Waals surface area contributed by atoms with Gasteiger partial charge in [0, 0.05) is 18.1 Å². The SMILES string of the molecule is CCNC(=S)N/N=C(\C)c1nccs1. The molecule has 6 heteroatoms. The summed E-state index contributed by atoms with van der Waals surface area (Å²) in [5.74, 6) is 0. The van der Waals surface area contributed by atoms with E-state index in [1.807, 2.05) is 19.2 Å². The molecule has 2 N–H and O–H groups in total. The van der Waals surface area contributed by atoms with Gasteiger partial charge in [-0.2, -0.15) is 5.10 Å². The summed E-state index contributed by atoms with van der Waals surface area (Å²) in [6.45, 7) is 4.66. The van der Waals surface area contributed by atoms with Gasteiger partial charge in [-0.15, -0.1) is 11.3 Å². The number of thiazole rings is 1. The Morgan fingerprint density at radius 2 is 2.50 bits per heavy atom. The van der Waals surface area contributed by atoms with Crippen LogP contribution < -0.4 is 10.7 Å². The van der Waals surface area contributed by atoms with E-state index in [1.165, 1.54) is 0 Å². The second-order valence-corrected chi connectivity index (χ2v) is 3.81. The van der Waals surface area contributed by atoms with Crippen LogP contribution >= 0.6 is 23.6 Å². The van der Waals surface area contributed by atoms with Gasteiger partial charge in [0.15, 0.2) is 5.11 Å². The third kappa shape index (κ3) is 3.39. The molecule has 0 fully saturated rings. The van der Waals surface area contributed by atoms with Crippen molar-refractivity contribution in [3.05, 3.63) is 16.6 Å². The molecule has 1 aromatic heterocycles. The molecule has 1 rings (SSSR count). The van der Waals surface area contributed by atoms with E-state index >= 15 is 0 Å². The lowest BCUT2D eigenvalue weighted by atomic mass is 10.5. The van der Waals surface area contributed by atoms with Crippen LogP contribution in [0.1, 0.15) is 18.9 Å². The van der Waals surface area contributed by atoms with Crippen LogP contribution in [0.4, 0.5) is 0 Å². The van der Waals surface area contributed by atoms with Gasteiger partial charge in [0.2, 0.25) is 0 Å². The molecule has 76 valence electrons. The Balaban J connectivity index is 2.49. The summed E-state index contributed by atoms with van der Waals surface area (Å²) in [4.78, 5) is 4.12. The van der Waals surface area contributed by atoms with Gasteiger partial charge in [0.1, 0.15) is 5.01 Å². The topological polar surface area (TPSA) is 49.3 Å². The van der Waals surface area contributed by atoms with Crippen molar-refractivity contribution in [1.82, 2.24) is 15.7 Å². The molecule has 0 bridgehead atoms. The molecule has 0 amide bonds. The number of hydrogen-bond donors (Lipinski definition) is 2. The van der Waals surface area contributed by atoms with E-state index in [2.05, 4.69) is 20.8 Å². The Kier molecular flexibility index (Phi) is 4.48. The van der Waals surface area contributed by atoms with Crippen molar-refractivity contribution < 1.29 is 0 Å². The Morgan fingerprint density at radius 1 is 1.71 bits per heavy atom. The van der Waals surface area contributed by atoms with Crippen LogP contribution in [0.5, 0.6) is 0 Å². The average Bonchev–Trinajstić information content (AvgIpc) is 2.67. The first-order valence-electron chi connectivity index (χ1n) is 4.22. The molecule has 0 spiro atoms. The third-order valence-electron chi connectivity index (χ3n) is 1.40. The molecule has 0 radical (unpaired) electrons. The highest BCUT2D eigenvalue weighted by molar-refractivity contribution is 7.80. The molecule has 0 aliphatic carbocycles. The second-order valence-electron chi connectivity index (χ2n) is 2.51. The molecule has 4 nitrogen and oxygen atoms in total. The van der Waals surface area contributed by atoms with Crippen molar-refractivity contribution in [1.29, 1.82) is 0 Å². The fraction of sp³-hybridized carbons (Fsp3) is 0.375. The standard InChI is InChI=1S/C8H12N4S2/c1-3-9-8(13)12-11-6(2)7-10-4-5-14-7/h4-5H,3H2,1-2H3,(H2,9,12,13)/b11-6+. The quantitative estimate of drug-likeness (QED) is 0.466. The zero-order valence-corrected chi connectivity index (χ0v) is 9.71. The van der Waals surface area contributed by atoms with Crippen LogP contribution in [0.15, 0.2) is 16.7 Å². The maximum Gasteiger partial charge on any atom is 0.186 e. The van der Waals surface area contributed by atoms with Crippen LogP contribution in [0.25, 0.3) is 0 Å². The zero-order valence-electron chi connectivity index (χ0n) is 8.07. The van der Waals surface area contributed by atoms with E-state index in [0.29, 0.717) is 5.11 Å². The molecule has 0 saturated carbocycles. The number of hydrazone groups is 1. The minimum absolute atomic E-state index is 0.531. The van der Waals surface area contributed by atoms with Crippen LogP contribution in [-0.4, -0.2) is 22.4 Å². The Bertz CT molecular complexity index is 318. The first kappa shape index (κ1) is 11.1. The van der Waals surface area contributed by atoms with E-state index in [9.17, 15) is 0 Å². The van der Waals surface area contributed by atoms with Gasteiger partial charge in [-0.1, -0.05) is 0 Å². The number of thiocarbonyl (C=S) groups is 1. The Morgan fingerprint density at radius 3 is 3.07 bits per heavy atom. The molecular weight excluding hydrogens is 216 g/mol. The van der Waals surface area contributed by atoms with Crippen LogP contribution in [0, 0.1) is 0 Å². The maximum atomic E-state index is 4.95. The molecule has 14 heavy (non-hydrogen) atoms. The molecule has 0 aromatic carbocycles. The highest BCUT2D eigenvalue weighted by atomic mass is 32.1. The lowest BCUT2D eigenvalue weighted by Gasteiger charge is -2.03. The predicted molar refractivity (Wildman–Crippen MR) is 63.7 cm³/mol. The summed E-state index contributed by atoms with van der Waals surface area (Å²) in [5.41, 5.74) is 3.58. The van der Waals surface area contributed by atoms with Gasteiger partial charge in [-0.05, 0) is 26.1 Å². The fourth-order valence-electron chi connectivity index (χ4n) is 0.785. The third-order valence-corrected chi connectivity index (χ3v) is 2.52. The molecular formula is C8H12N4S2. The van der Waals surface area contributed by atoms with E-state index < -0.39 is 0 Å². The number of nitrogens with one attached hydrogen (secondary N) is 2. The maximum absolute atomic E-state index is 4.95. The number of aromatic nitrogens is 1. The summed E-state index contributed by atoms with van der Waals surface area (Å²) in [6.07, 6.45) is 1.75. The van der Waals surface area contributed by atoms with Crippen LogP contribution in [-0.2, 0) is 0 Å². The summed E-state index contributed by atoms with van der Waals surface area (Å²) < 4.78 is 0. The van der Waals surface area contributed by atoms with E-state index in [1.54, 1.807) is 17.5 Å². The zero-order chi connectivity index (χ0) is 10.4. The minimum atomic E-state index is 0.531. The molecule has 1 aromatic rings. The van der Waals surface area contributed by atoms with Crippen molar-refractivity contribution in [3.8, 4) is 0 Å². The lowest BCUT2D eigenvalue weighted by Crippen LogP contribution is -2.32. The Labute approximate surface area is 92.4 Å². The average molecular weight is 228 g/mol. The molecule has 1 heterocycles. The highest BCUT2D eigenvalue weighted by Gasteiger charge is 1.99. The second kappa shape index (κ2) is 5.66. The molecule has 0 aliphatic rings. The van der Waals surface area contributed by atoms with E-state index in [4.69, 9.17) is 12.2 Å². The van der Waals surface area contributed by atoms with Crippen molar-refractivity contribution in [3.63, 3.8) is 0 Å². The van der Waals surface area contributed by atoms with Gasteiger partial charge in [0.25, 0.3) is 0 Å². The largest absolute Gasteiger partial charge is 0.362 e. The number of rotatable bonds is 3. The summed E-state index contributed by atoms with van der Waals surface area (Å²) >= 11 is 6.51. The first-order valence-corrected chi connectivity index (χ1v) is 5.50. The molecule has 0 atom stereocenters. The van der Waals surface area contributed by atoms with Crippen molar-refractivity contribution >= 4 is 34.4 Å². The van der Waals surface area contributed by atoms with E-state index in [0.717, 1.165) is 17.3 Å². The van der Waals surface area contributed by atoms with Gasteiger partial charge >= 0.3 is 0 Å². The lowest BCUT2D eigenvalue weighted by molar-refractivity contribution is 0.900. The molecule has 0 saturated heterocycles. The molecule has 0 unspecified atom stereocenters. The predicted octanol–water partition coefficient (Wildman–Crippen LogP) is 1.35. The van der Waals surface area contributed by atoms with Crippen molar-refractivity contribution in [2.75, 3.05) is 6.54 Å². The summed E-state index contributed by atoms with van der Waals surface area (Å²) in [7, 11) is 0. The monoisotopic (exact) mass is 228 g/mol. The fourth-order valence-corrected chi connectivity index (χ4v) is 1.56. The highest BCUT2D eigenvalue weighted by Crippen LogP contribution is 2.04. The minimum Gasteiger partial charge on any atom is -0.362 e. The van der Waals surface area contributed by atoms with Gasteiger partial charge in [-0.25, -0.2) is 4.98 Å². The van der Waals surface area contributed by atoms with Gasteiger partial charge in [0.05, 0.1) is 5.71 Å². The summed E-state index contributed by atoms with van der Waals surface area (Å²) in [6, 6.07) is 0. The van der Waals surface area contributed by atoms with Crippen molar-refractivity contribution in [2.24, 2.45) is 5.10 Å². The van der Waals surface area contributed by atoms with Gasteiger partial charge in [-0.3, -0.25) is 5.43 Å². The number of nitrogens with zero attached hydrogens (tertiary/aromatic N) is 2. The van der Waals surface area contributed by atoms with Crippen LogP contribution in [0.2, 0.25) is 0 Å². The number of hydrogen-bond acceptors (Lipinski definition) is 4. The van der Waals surface area contributed by atoms with E-state index in [-0.39, 0.29) is 0 Å². The first-order chi connectivity index (χ1) is 6.74. The molecule has 0 aliphatic heterocycles. The normalized spacial score (nSPS) is 11.1. The summed E-state index contributed by atoms with van der Waals surface area (Å²) in [5, 5.41) is 10.4. The van der Waals surface area contributed by atoms with Gasteiger partial charge < -0.3 is 5.32 Å². The smallest absolute Gasteiger partial charge is 0.186 e.